The summed E-state index contributed by atoms with van der Waals surface area (Å²) in [4.78, 5) is 10.5. The van der Waals surface area contributed by atoms with Gasteiger partial charge in [0, 0.05) is 12.2 Å². The molecule has 4 nitrogen and oxygen atoms in total. The maximum absolute atomic E-state index is 10.5. The van der Waals surface area contributed by atoms with E-state index in [1.807, 2.05) is 11.8 Å². The zero-order valence-electron chi connectivity index (χ0n) is 13.2. The number of ether oxygens (including phenoxy) is 1. The van der Waals surface area contributed by atoms with Gasteiger partial charge in [-0.1, -0.05) is 12.2 Å². The van der Waals surface area contributed by atoms with Gasteiger partial charge in [0.1, 0.15) is 0 Å². The van der Waals surface area contributed by atoms with Crippen LogP contribution in [-0.2, 0) is 9.53 Å². The third-order valence-electron chi connectivity index (χ3n) is 4.76. The number of aliphatic hydroxyl groups is 1. The lowest BCUT2D eigenvalue weighted by Crippen LogP contribution is -2.27. The lowest BCUT2D eigenvalue weighted by molar-refractivity contribution is -0.137. The molecular formula is C17H28O4S. The average Bonchev–Trinajstić information content (AvgIpc) is 3.08. The molecule has 0 amide bonds. The minimum Gasteiger partial charge on any atom is -0.481 e. The van der Waals surface area contributed by atoms with E-state index in [-0.39, 0.29) is 13.0 Å². The number of unbranched alkanes of at least 4 members (excludes halogenated alkanes) is 1. The zero-order chi connectivity index (χ0) is 15.8. The van der Waals surface area contributed by atoms with Crippen LogP contribution in [-0.4, -0.2) is 46.5 Å². The smallest absolute Gasteiger partial charge is 0.303 e. The van der Waals surface area contributed by atoms with Crippen LogP contribution < -0.4 is 0 Å². The first-order valence-corrected chi connectivity index (χ1v) is 9.58. The summed E-state index contributed by atoms with van der Waals surface area (Å²) in [6.07, 6.45) is 11.7. The van der Waals surface area contributed by atoms with Gasteiger partial charge in [0.25, 0.3) is 0 Å². The molecule has 2 bridgehead atoms. The Morgan fingerprint density at radius 2 is 1.95 bits per heavy atom. The highest BCUT2D eigenvalue weighted by Crippen LogP contribution is 2.46. The third kappa shape index (κ3) is 5.28. The number of carboxylic acids is 1. The Labute approximate surface area is 137 Å². The second-order valence-corrected chi connectivity index (χ2v) is 7.46. The van der Waals surface area contributed by atoms with Crippen LogP contribution in [0.25, 0.3) is 0 Å². The van der Waals surface area contributed by atoms with E-state index in [1.54, 1.807) is 0 Å². The molecule has 2 fully saturated rings. The van der Waals surface area contributed by atoms with Gasteiger partial charge in [0.2, 0.25) is 0 Å². The SMILES string of the molecule is O=C(O)CCCC=CC[C@@H]1[C@H](CCSCCO)[C@@H]2CC[C@H]1O2. The summed E-state index contributed by atoms with van der Waals surface area (Å²) >= 11 is 1.83. The maximum Gasteiger partial charge on any atom is 0.303 e. The second-order valence-electron chi connectivity index (χ2n) is 6.24. The summed E-state index contributed by atoms with van der Waals surface area (Å²) in [5.41, 5.74) is 0. The Hall–Kier alpha value is -0.520. The number of hydrogen-bond donors (Lipinski definition) is 2. The van der Waals surface area contributed by atoms with Crippen LogP contribution in [0.5, 0.6) is 0 Å². The van der Waals surface area contributed by atoms with Crippen molar-refractivity contribution in [3.63, 3.8) is 0 Å². The summed E-state index contributed by atoms with van der Waals surface area (Å²) < 4.78 is 6.09. The number of hydrogen-bond acceptors (Lipinski definition) is 4. The number of fused-ring (bicyclic) bond motifs is 2. The lowest BCUT2D eigenvalue weighted by Gasteiger charge is -2.27. The Morgan fingerprint density at radius 3 is 2.68 bits per heavy atom. The predicted molar refractivity (Wildman–Crippen MR) is 89.1 cm³/mol. The number of carboxylic acid groups (broad SMARTS) is 1. The van der Waals surface area contributed by atoms with Crippen LogP contribution in [0.3, 0.4) is 0 Å². The molecule has 2 N–H and O–H groups in total. The summed E-state index contributed by atoms with van der Waals surface area (Å²) in [5.74, 6) is 2.51. The highest BCUT2D eigenvalue weighted by molar-refractivity contribution is 7.99. The first-order chi connectivity index (χ1) is 10.7. The van der Waals surface area contributed by atoms with E-state index in [0.29, 0.717) is 24.0 Å². The molecule has 2 saturated heterocycles. The van der Waals surface area contributed by atoms with Crippen molar-refractivity contribution in [3.05, 3.63) is 12.2 Å². The van der Waals surface area contributed by atoms with Gasteiger partial charge in [-0.3, -0.25) is 4.79 Å². The van der Waals surface area contributed by atoms with E-state index >= 15 is 0 Å². The van der Waals surface area contributed by atoms with E-state index < -0.39 is 5.97 Å². The largest absolute Gasteiger partial charge is 0.481 e. The van der Waals surface area contributed by atoms with Gasteiger partial charge in [-0.05, 0) is 56.1 Å². The van der Waals surface area contributed by atoms with Gasteiger partial charge in [-0.15, -0.1) is 0 Å². The first-order valence-electron chi connectivity index (χ1n) is 8.43. The summed E-state index contributed by atoms with van der Waals surface area (Å²) in [6.45, 7) is 0.264. The lowest BCUT2D eigenvalue weighted by atomic mass is 9.76. The van der Waals surface area contributed by atoms with Gasteiger partial charge in [-0.2, -0.15) is 11.8 Å². The van der Waals surface area contributed by atoms with Gasteiger partial charge in [0.15, 0.2) is 0 Å². The minimum atomic E-state index is -0.713. The molecule has 2 rings (SSSR count). The molecule has 0 aromatic heterocycles. The number of aliphatic hydroxyl groups excluding tert-OH is 1. The molecule has 5 heteroatoms. The fourth-order valence-electron chi connectivity index (χ4n) is 3.73. The van der Waals surface area contributed by atoms with Crippen LogP contribution in [0, 0.1) is 11.8 Å². The zero-order valence-corrected chi connectivity index (χ0v) is 14.0. The normalized spacial score (nSPS) is 30.4. The first kappa shape index (κ1) is 17.8. The Kier molecular flexibility index (Phi) is 7.76. The number of rotatable bonds is 11. The summed E-state index contributed by atoms with van der Waals surface area (Å²) in [5, 5.41) is 17.5. The number of carbonyl (C=O) groups is 1. The molecule has 0 aliphatic carbocycles. The van der Waals surface area contributed by atoms with Crippen LogP contribution in [0.15, 0.2) is 12.2 Å². The van der Waals surface area contributed by atoms with Crippen LogP contribution in [0.2, 0.25) is 0 Å². The molecule has 2 aliphatic rings. The van der Waals surface area contributed by atoms with Gasteiger partial charge >= 0.3 is 5.97 Å². The molecule has 2 heterocycles. The van der Waals surface area contributed by atoms with Crippen molar-refractivity contribution in [3.8, 4) is 0 Å². The van der Waals surface area contributed by atoms with Gasteiger partial charge in [-0.25, -0.2) is 0 Å². The molecule has 0 aromatic carbocycles. The summed E-state index contributed by atoms with van der Waals surface area (Å²) in [7, 11) is 0. The Bertz CT molecular complexity index is 372. The number of thioether (sulfide) groups is 1. The van der Waals surface area contributed by atoms with Crippen molar-refractivity contribution >= 4 is 17.7 Å². The van der Waals surface area contributed by atoms with Crippen molar-refractivity contribution in [1.29, 1.82) is 0 Å². The van der Waals surface area contributed by atoms with Crippen LogP contribution >= 0.6 is 11.8 Å². The van der Waals surface area contributed by atoms with E-state index in [0.717, 1.165) is 30.8 Å². The maximum atomic E-state index is 10.5. The predicted octanol–water partition coefficient (Wildman–Crippen LogP) is 3.10. The van der Waals surface area contributed by atoms with Gasteiger partial charge < -0.3 is 14.9 Å². The van der Waals surface area contributed by atoms with Crippen molar-refractivity contribution in [1.82, 2.24) is 0 Å². The molecule has 0 saturated carbocycles. The molecule has 0 radical (unpaired) electrons. The molecule has 4 atom stereocenters. The van der Waals surface area contributed by atoms with Crippen molar-refractivity contribution in [2.24, 2.45) is 11.8 Å². The highest BCUT2D eigenvalue weighted by atomic mass is 32.2. The summed E-state index contributed by atoms with van der Waals surface area (Å²) in [6, 6.07) is 0. The molecule has 126 valence electrons. The molecular weight excluding hydrogens is 300 g/mol. The molecule has 22 heavy (non-hydrogen) atoms. The molecule has 2 aliphatic heterocycles. The van der Waals surface area contributed by atoms with Crippen LogP contribution in [0.4, 0.5) is 0 Å². The quantitative estimate of drug-likeness (QED) is 0.451. The van der Waals surface area contributed by atoms with Crippen molar-refractivity contribution < 1.29 is 19.7 Å². The molecule has 0 unspecified atom stereocenters. The average molecular weight is 328 g/mol. The fraction of sp³-hybridized carbons (Fsp3) is 0.824. The van der Waals surface area contributed by atoms with E-state index in [9.17, 15) is 4.79 Å². The molecule has 0 spiro atoms. The minimum absolute atomic E-state index is 0.256. The Balaban J connectivity index is 1.70. The van der Waals surface area contributed by atoms with Gasteiger partial charge in [0.05, 0.1) is 18.8 Å². The van der Waals surface area contributed by atoms with E-state index in [1.165, 1.54) is 19.3 Å². The molecule has 0 aromatic rings. The van der Waals surface area contributed by atoms with Crippen molar-refractivity contribution in [2.45, 2.75) is 57.2 Å². The number of aliphatic carboxylic acids is 1. The highest BCUT2D eigenvalue weighted by Gasteiger charge is 2.47. The standard InChI is InChI=1S/C17H28O4S/c18-10-12-22-11-9-14-13(15-7-8-16(14)21-15)5-3-1-2-4-6-17(19)20/h1,3,13-16,18H,2,4-12H2,(H,19,20)/t13-,14+,15-,16+/m1/s1. The van der Waals surface area contributed by atoms with Crippen LogP contribution in [0.1, 0.15) is 44.9 Å². The monoisotopic (exact) mass is 328 g/mol. The topological polar surface area (TPSA) is 66.8 Å². The van der Waals surface area contributed by atoms with E-state index in [4.69, 9.17) is 14.9 Å². The third-order valence-corrected chi connectivity index (χ3v) is 5.75. The number of allylic oxidation sites excluding steroid dienone is 2. The fourth-order valence-corrected chi connectivity index (χ4v) is 4.50. The Morgan fingerprint density at radius 1 is 1.18 bits per heavy atom. The van der Waals surface area contributed by atoms with Crippen molar-refractivity contribution in [2.75, 3.05) is 18.1 Å². The van der Waals surface area contributed by atoms with E-state index in [2.05, 4.69) is 12.2 Å². The second kappa shape index (κ2) is 9.58.